The van der Waals surface area contributed by atoms with Crippen molar-refractivity contribution >= 4 is 48.7 Å². The summed E-state index contributed by atoms with van der Waals surface area (Å²) in [6.07, 6.45) is 3.62. The predicted molar refractivity (Wildman–Crippen MR) is 128 cm³/mol. The van der Waals surface area contributed by atoms with Gasteiger partial charge in [0.15, 0.2) is 0 Å². The Kier molecular flexibility index (Phi) is 7.10. The van der Waals surface area contributed by atoms with Gasteiger partial charge in [0, 0.05) is 23.0 Å². The van der Waals surface area contributed by atoms with Gasteiger partial charge in [0.25, 0.3) is 17.4 Å². The molecule has 0 bridgehead atoms. The number of halogens is 1. The molecule has 0 unspecified atom stereocenters. The lowest BCUT2D eigenvalue weighted by atomic mass is 10.1. The van der Waals surface area contributed by atoms with Gasteiger partial charge in [-0.15, -0.1) is 0 Å². The zero-order chi connectivity index (χ0) is 24.3. The monoisotopic (exact) mass is 547 g/mol. The Balaban J connectivity index is 1.39. The van der Waals surface area contributed by atoms with Gasteiger partial charge >= 0.3 is 0 Å². The zero-order valence-corrected chi connectivity index (χ0v) is 20.4. The van der Waals surface area contributed by atoms with Gasteiger partial charge < -0.3 is 0 Å². The summed E-state index contributed by atoms with van der Waals surface area (Å²) in [4.78, 5) is 41.9. The second-order valence-corrected chi connectivity index (χ2v) is 10.5. The molecule has 2 aromatic carbocycles. The minimum Gasteiger partial charge on any atom is -0.296 e. The van der Waals surface area contributed by atoms with Gasteiger partial charge in [-0.2, -0.15) is 0 Å². The van der Waals surface area contributed by atoms with Crippen molar-refractivity contribution in [1.82, 2.24) is 25.1 Å². The number of aryl methyl sites for hydroxylation is 1. The number of fused-ring (bicyclic) bond motifs is 2. The molecule has 3 N–H and O–H groups in total. The second kappa shape index (κ2) is 10.0. The molecule has 0 radical (unpaired) electrons. The van der Waals surface area contributed by atoms with E-state index in [2.05, 4.69) is 36.5 Å². The van der Waals surface area contributed by atoms with Crippen LogP contribution in [0.5, 0.6) is 0 Å². The number of nitrogens with zero attached hydrogens (tertiary/aromatic N) is 2. The van der Waals surface area contributed by atoms with Gasteiger partial charge in [-0.25, -0.2) is 18.1 Å². The van der Waals surface area contributed by atoms with Crippen LogP contribution in [0.1, 0.15) is 35.4 Å². The van der Waals surface area contributed by atoms with Gasteiger partial charge in [-0.3, -0.25) is 29.8 Å². The Morgan fingerprint density at radius 3 is 2.56 bits per heavy atom. The van der Waals surface area contributed by atoms with Crippen LogP contribution in [-0.2, 0) is 27.8 Å². The Bertz CT molecular complexity index is 1420. The van der Waals surface area contributed by atoms with E-state index < -0.39 is 28.4 Å². The average molecular weight is 548 g/mol. The van der Waals surface area contributed by atoms with Crippen LogP contribution in [0.25, 0.3) is 10.9 Å². The number of hydrazine groups is 1. The van der Waals surface area contributed by atoms with Crippen LogP contribution >= 0.6 is 15.9 Å². The summed E-state index contributed by atoms with van der Waals surface area (Å²) in [5.41, 5.74) is 4.91. The lowest BCUT2D eigenvalue weighted by molar-refractivity contribution is -0.120. The third kappa shape index (κ3) is 5.34. The van der Waals surface area contributed by atoms with Gasteiger partial charge in [0.1, 0.15) is 5.82 Å². The highest BCUT2D eigenvalue weighted by atomic mass is 79.9. The molecule has 3 aromatic rings. The summed E-state index contributed by atoms with van der Waals surface area (Å²) < 4.78 is 29.1. The first kappa shape index (κ1) is 24.0. The molecule has 1 aromatic heterocycles. The van der Waals surface area contributed by atoms with Crippen molar-refractivity contribution in [3.63, 3.8) is 0 Å². The third-order valence-corrected chi connectivity index (χ3v) is 7.39. The molecule has 1 aliphatic rings. The predicted octanol–water partition coefficient (Wildman–Crippen LogP) is 1.62. The molecular formula is C22H22BrN5O5S. The maximum absolute atomic E-state index is 12.8. The molecule has 0 saturated heterocycles. The number of hydrogen-bond donors (Lipinski definition) is 3. The maximum atomic E-state index is 12.8. The molecule has 1 aliphatic heterocycles. The van der Waals surface area contributed by atoms with Crippen LogP contribution in [0, 0.1) is 0 Å². The van der Waals surface area contributed by atoms with Crippen molar-refractivity contribution < 1.29 is 18.0 Å². The Labute approximate surface area is 203 Å². The fourth-order valence-corrected chi connectivity index (χ4v) is 4.91. The van der Waals surface area contributed by atoms with Gasteiger partial charge in [0.2, 0.25) is 10.0 Å². The van der Waals surface area contributed by atoms with Gasteiger partial charge in [-0.1, -0.05) is 22.4 Å². The number of carbonyl (C=O) groups is 2. The number of nitrogens with one attached hydrogen (secondary N) is 3. The molecule has 12 heteroatoms. The first-order valence-electron chi connectivity index (χ1n) is 10.6. The molecule has 2 heterocycles. The molecule has 0 fully saturated rings. The maximum Gasteiger partial charge on any atom is 0.269 e. The first-order chi connectivity index (χ1) is 16.2. The van der Waals surface area contributed by atoms with Crippen LogP contribution in [0.4, 0.5) is 0 Å². The second-order valence-electron chi connectivity index (χ2n) is 7.81. The van der Waals surface area contributed by atoms with Crippen molar-refractivity contribution in [2.75, 3.05) is 6.54 Å². The minimum atomic E-state index is -3.89. The molecule has 0 atom stereocenters. The van der Waals surface area contributed by atoms with Crippen LogP contribution in [0.15, 0.2) is 56.6 Å². The van der Waals surface area contributed by atoms with Gasteiger partial charge in [-0.05, 0) is 55.3 Å². The number of carbonyl (C=O) groups excluding carboxylic acids is 2. The van der Waals surface area contributed by atoms with E-state index in [0.717, 1.165) is 23.7 Å². The molecule has 4 rings (SSSR count). The first-order valence-corrected chi connectivity index (χ1v) is 12.9. The average Bonchev–Trinajstić information content (AvgIpc) is 3.07. The van der Waals surface area contributed by atoms with E-state index in [9.17, 15) is 22.8 Å². The zero-order valence-electron chi connectivity index (χ0n) is 18.0. The van der Waals surface area contributed by atoms with Crippen LogP contribution < -0.4 is 21.1 Å². The van der Waals surface area contributed by atoms with E-state index >= 15 is 0 Å². The number of aromatic nitrogens is 2. The molecule has 2 amide bonds. The van der Waals surface area contributed by atoms with E-state index in [0.29, 0.717) is 29.7 Å². The van der Waals surface area contributed by atoms with Crippen molar-refractivity contribution in [2.24, 2.45) is 0 Å². The molecule has 34 heavy (non-hydrogen) atoms. The smallest absolute Gasteiger partial charge is 0.269 e. The van der Waals surface area contributed by atoms with Gasteiger partial charge in [0.05, 0.1) is 22.3 Å². The van der Waals surface area contributed by atoms with Crippen molar-refractivity contribution in [3.05, 3.63) is 68.7 Å². The molecular weight excluding hydrogens is 526 g/mol. The number of amides is 2. The highest BCUT2D eigenvalue weighted by Gasteiger charge is 2.17. The Morgan fingerprint density at radius 1 is 1.03 bits per heavy atom. The molecule has 0 aliphatic carbocycles. The van der Waals surface area contributed by atoms with E-state index in [-0.39, 0.29) is 16.0 Å². The standard InChI is InChI=1S/C22H22BrN5O5S/c23-15-6-8-16(9-7-15)34(32,33)24-13-20(29)26-27-21(30)14-5-10-17-18(12-14)25-19-4-2-1-3-11-28(19)22(17)31/h5-10,12,24H,1-4,11,13H2,(H,26,29)(H,27,30). The molecule has 10 nitrogen and oxygen atoms in total. The van der Waals surface area contributed by atoms with Crippen LogP contribution in [0.2, 0.25) is 0 Å². The normalized spacial score (nSPS) is 13.7. The Morgan fingerprint density at radius 2 is 1.79 bits per heavy atom. The van der Waals surface area contributed by atoms with E-state index in [1.807, 2.05) is 0 Å². The molecule has 0 spiro atoms. The number of hydrogen-bond acceptors (Lipinski definition) is 6. The number of benzene rings is 2. The fourth-order valence-electron chi connectivity index (χ4n) is 3.66. The molecule has 178 valence electrons. The number of sulfonamides is 1. The third-order valence-electron chi connectivity index (χ3n) is 5.44. The quantitative estimate of drug-likeness (QED) is 0.415. The highest BCUT2D eigenvalue weighted by molar-refractivity contribution is 9.10. The summed E-state index contributed by atoms with van der Waals surface area (Å²) in [6.45, 7) is 0.0673. The van der Waals surface area contributed by atoms with Crippen molar-refractivity contribution in [2.45, 2.75) is 37.1 Å². The summed E-state index contributed by atoms with van der Waals surface area (Å²) in [7, 11) is -3.89. The largest absolute Gasteiger partial charge is 0.296 e. The van der Waals surface area contributed by atoms with Crippen molar-refractivity contribution in [1.29, 1.82) is 0 Å². The van der Waals surface area contributed by atoms with Crippen molar-refractivity contribution in [3.8, 4) is 0 Å². The summed E-state index contributed by atoms with van der Waals surface area (Å²) in [6, 6.07) is 10.5. The van der Waals surface area contributed by atoms with E-state index in [1.165, 1.54) is 24.3 Å². The lowest BCUT2D eigenvalue weighted by Gasteiger charge is -2.11. The summed E-state index contributed by atoms with van der Waals surface area (Å²) in [5, 5.41) is 0.425. The highest BCUT2D eigenvalue weighted by Crippen LogP contribution is 2.17. The Hall–Kier alpha value is -3.09. The van der Waals surface area contributed by atoms with Crippen LogP contribution in [-0.4, -0.2) is 36.3 Å². The fraction of sp³-hybridized carbons (Fsp3) is 0.273. The number of rotatable bonds is 5. The van der Waals surface area contributed by atoms with Crippen LogP contribution in [0.3, 0.4) is 0 Å². The molecule has 0 saturated carbocycles. The lowest BCUT2D eigenvalue weighted by Crippen LogP contribution is -2.46. The van der Waals surface area contributed by atoms with E-state index in [4.69, 9.17) is 0 Å². The summed E-state index contributed by atoms with van der Waals surface area (Å²) in [5.74, 6) is -0.668. The topological polar surface area (TPSA) is 139 Å². The van der Waals surface area contributed by atoms with E-state index in [1.54, 1.807) is 22.8 Å². The minimum absolute atomic E-state index is 0.00463. The summed E-state index contributed by atoms with van der Waals surface area (Å²) >= 11 is 3.22. The SMILES string of the molecule is O=C(CNS(=O)(=O)c1ccc(Br)cc1)NNC(=O)c1ccc2c(=O)n3c(nc2c1)CCCCC3.